The minimum Gasteiger partial charge on any atom is -0.479 e. The van der Waals surface area contributed by atoms with E-state index in [-0.39, 0.29) is 40.4 Å². The van der Waals surface area contributed by atoms with Crippen LogP contribution in [0.5, 0.6) is 0 Å². The second-order valence-electron chi connectivity index (χ2n) is 1.33. The van der Waals surface area contributed by atoms with Gasteiger partial charge in [-0.1, -0.05) is 0 Å². The van der Waals surface area contributed by atoms with Gasteiger partial charge in [0.1, 0.15) is 6.10 Å². The molecule has 0 aliphatic carbocycles. The molecule has 0 heterocycles. The van der Waals surface area contributed by atoms with Crippen molar-refractivity contribution in [3.05, 3.63) is 0 Å². The number of carboxylic acid groups (broad SMARTS) is 1. The van der Waals surface area contributed by atoms with Crippen LogP contribution in [0.25, 0.3) is 0 Å². The molecule has 5 nitrogen and oxygen atoms in total. The summed E-state index contributed by atoms with van der Waals surface area (Å²) in [6, 6.07) is 0. The summed E-state index contributed by atoms with van der Waals surface area (Å²) in [4.78, 5) is 9.45. The molecule has 0 bridgehead atoms. The van der Waals surface area contributed by atoms with Crippen LogP contribution in [-0.2, 0) is 32.5 Å². The minimum absolute atomic E-state index is 0. The zero-order chi connectivity index (χ0) is 7.86. The summed E-state index contributed by atoms with van der Waals surface area (Å²) in [6.45, 7) is 3.13. The van der Waals surface area contributed by atoms with E-state index < -0.39 is 12.1 Å². The van der Waals surface area contributed by atoms with Crippen LogP contribution in [-0.4, -0.2) is 34.0 Å². The zero-order valence-corrected chi connectivity index (χ0v) is 12.4. The Morgan fingerprint density at radius 3 is 1.64 bits per heavy atom. The Hall–Kier alpha value is 0.285. The van der Waals surface area contributed by atoms with E-state index in [1.54, 1.807) is 6.92 Å². The van der Waals surface area contributed by atoms with Gasteiger partial charge in [-0.2, -0.15) is 0 Å². The molecule has 0 aromatic rings. The first-order chi connectivity index (χ1) is 4.06. The van der Waals surface area contributed by atoms with E-state index in [0.717, 1.165) is 0 Å². The number of aliphatic carboxylic acids is 1. The fourth-order valence-corrected chi connectivity index (χ4v) is 0. The quantitative estimate of drug-likeness (QED) is 0.480. The third-order valence-electron chi connectivity index (χ3n) is 0.357. The maximum absolute atomic E-state index is 9.45. The van der Waals surface area contributed by atoms with Crippen molar-refractivity contribution in [1.29, 1.82) is 0 Å². The van der Waals surface area contributed by atoms with Gasteiger partial charge in [0.05, 0.1) is 0 Å². The van der Waals surface area contributed by atoms with Gasteiger partial charge in [0.15, 0.2) is 0 Å². The molecule has 0 aliphatic rings. The summed E-state index contributed by atoms with van der Waals surface area (Å²) in [5.74, 6) is -1.19. The Morgan fingerprint density at radius 1 is 1.55 bits per heavy atom. The average molecular weight is 354 g/mol. The molecule has 0 aromatic heterocycles. The number of carboxylic acids is 1. The second-order valence-corrected chi connectivity index (χ2v) is 1.33. The first kappa shape index (κ1) is 22.5. The third kappa shape index (κ3) is 38.4. The van der Waals surface area contributed by atoms with Crippen molar-refractivity contribution in [2.45, 2.75) is 20.0 Å². The molecule has 1 unspecified atom stereocenters. The topological polar surface area (TPSA) is 113 Å². The van der Waals surface area contributed by atoms with E-state index in [1.165, 1.54) is 6.92 Å². The van der Waals surface area contributed by atoms with Crippen molar-refractivity contribution in [3.8, 4) is 0 Å². The van der Waals surface area contributed by atoms with Crippen LogP contribution in [0.2, 0.25) is 0 Å². The van der Waals surface area contributed by atoms with Crippen LogP contribution >= 0.6 is 0 Å². The monoisotopic (exact) mass is 355 g/mol. The van der Waals surface area contributed by atoms with Crippen LogP contribution in [0.4, 0.5) is 0 Å². The molecule has 0 amide bonds. The van der Waals surface area contributed by atoms with Crippen LogP contribution in [0.1, 0.15) is 13.8 Å². The first-order valence-corrected chi connectivity index (χ1v) is 2.58. The summed E-state index contributed by atoms with van der Waals surface area (Å²) < 4.78 is 0. The standard InChI is InChI=1S/C3H6O3.C2H6O.Hg.H3N/c1-2(4)3(5)6;1-2-3;;/h2,4H,1H3,(H,5,6);3H,2H2,1H3;;1H3. The Morgan fingerprint density at radius 2 is 1.64 bits per heavy atom. The summed E-state index contributed by atoms with van der Waals surface area (Å²) >= 11 is 0. The molecule has 1 atom stereocenters. The normalized spacial score (nSPS) is 9.09. The van der Waals surface area contributed by atoms with Crippen LogP contribution in [0.3, 0.4) is 0 Å². The summed E-state index contributed by atoms with van der Waals surface area (Å²) in [6.07, 6.45) is -1.23. The van der Waals surface area contributed by atoms with Crippen molar-refractivity contribution in [1.82, 2.24) is 6.15 Å². The van der Waals surface area contributed by atoms with Crippen molar-refractivity contribution in [3.63, 3.8) is 0 Å². The smallest absolute Gasteiger partial charge is 0.332 e. The van der Waals surface area contributed by atoms with Gasteiger partial charge in [-0.3, -0.25) is 0 Å². The number of carbonyl (C=O) groups is 1. The largest absolute Gasteiger partial charge is 0.479 e. The molecular formula is C5H15HgNO4. The van der Waals surface area contributed by atoms with Gasteiger partial charge in [0.25, 0.3) is 0 Å². The molecule has 0 aromatic carbocycles. The van der Waals surface area contributed by atoms with Gasteiger partial charge in [0, 0.05) is 34.3 Å². The van der Waals surface area contributed by atoms with E-state index in [1.807, 2.05) is 0 Å². The first-order valence-electron chi connectivity index (χ1n) is 2.58. The number of aliphatic hydroxyl groups excluding tert-OH is 2. The van der Waals surface area contributed by atoms with E-state index in [0.29, 0.717) is 0 Å². The third-order valence-corrected chi connectivity index (χ3v) is 0.357. The maximum Gasteiger partial charge on any atom is 0.332 e. The van der Waals surface area contributed by atoms with Crippen molar-refractivity contribution >= 4 is 5.97 Å². The molecule has 0 aliphatic heterocycles. The fraction of sp³-hybridized carbons (Fsp3) is 0.800. The molecule has 0 saturated carbocycles. The Bertz CT molecular complexity index is 78.9. The molecule has 11 heavy (non-hydrogen) atoms. The number of hydrogen-bond acceptors (Lipinski definition) is 4. The molecule has 0 rings (SSSR count). The van der Waals surface area contributed by atoms with E-state index in [9.17, 15) is 4.79 Å². The van der Waals surface area contributed by atoms with E-state index >= 15 is 0 Å². The van der Waals surface area contributed by atoms with Gasteiger partial charge in [-0.05, 0) is 13.8 Å². The molecule has 0 spiro atoms. The Balaban J connectivity index is -0.0000000437. The van der Waals surface area contributed by atoms with E-state index in [2.05, 4.69) is 0 Å². The van der Waals surface area contributed by atoms with Crippen molar-refractivity contribution in [2.75, 3.05) is 6.61 Å². The molecule has 6 heteroatoms. The molecule has 66 valence electrons. The molecule has 0 radical (unpaired) electrons. The predicted octanol–water partition coefficient (Wildman–Crippen LogP) is -0.390. The molecule has 0 fully saturated rings. The minimum atomic E-state index is -1.23. The second kappa shape index (κ2) is 16.7. The Kier molecular flexibility index (Phi) is 34.2. The Labute approximate surface area is 86.5 Å². The van der Waals surface area contributed by atoms with Gasteiger partial charge in [-0.15, -0.1) is 0 Å². The van der Waals surface area contributed by atoms with Crippen LogP contribution in [0, 0.1) is 0 Å². The van der Waals surface area contributed by atoms with Gasteiger partial charge in [0.2, 0.25) is 0 Å². The number of aliphatic hydroxyl groups is 2. The maximum atomic E-state index is 9.45. The summed E-state index contributed by atoms with van der Waals surface area (Å²) in [5, 5.41) is 23.3. The van der Waals surface area contributed by atoms with Crippen molar-refractivity contribution in [2.24, 2.45) is 0 Å². The van der Waals surface area contributed by atoms with Gasteiger partial charge < -0.3 is 21.5 Å². The van der Waals surface area contributed by atoms with Crippen LogP contribution in [0.15, 0.2) is 0 Å². The van der Waals surface area contributed by atoms with Gasteiger partial charge >= 0.3 is 5.97 Å². The number of hydrogen-bond donors (Lipinski definition) is 4. The fourth-order valence-electron chi connectivity index (χ4n) is 0. The predicted molar refractivity (Wildman–Crippen MR) is 37.1 cm³/mol. The van der Waals surface area contributed by atoms with Crippen LogP contribution < -0.4 is 6.15 Å². The SMILES string of the molecule is CC(O)C(=O)O.CCO.N.[Hg]. The average Bonchev–Trinajstić information content (AvgIpc) is 1.68. The van der Waals surface area contributed by atoms with Gasteiger partial charge in [-0.25, -0.2) is 4.79 Å². The summed E-state index contributed by atoms with van der Waals surface area (Å²) in [5.41, 5.74) is 0. The summed E-state index contributed by atoms with van der Waals surface area (Å²) in [7, 11) is 0. The molecule has 0 saturated heterocycles. The van der Waals surface area contributed by atoms with Crippen molar-refractivity contribution < 1.29 is 47.8 Å². The zero-order valence-electron chi connectivity index (χ0n) is 6.95. The number of rotatable bonds is 1. The molecule has 6 N–H and O–H groups in total. The van der Waals surface area contributed by atoms with E-state index in [4.69, 9.17) is 15.3 Å². The molecular weight excluding hydrogens is 339 g/mol.